The van der Waals surface area contributed by atoms with E-state index in [0.717, 1.165) is 66.9 Å². The number of ketones is 1. The molecule has 4 aliphatic rings. The Kier molecular flexibility index (Phi) is 5.94. The van der Waals surface area contributed by atoms with Crippen molar-refractivity contribution in [3.05, 3.63) is 52.9 Å². The molecule has 0 bridgehead atoms. The monoisotopic (exact) mass is 475 g/mol. The molecule has 1 amide bonds. The Morgan fingerprint density at radius 3 is 2.69 bits per heavy atom. The topological polar surface area (TPSA) is 77.4 Å². The van der Waals surface area contributed by atoms with Gasteiger partial charge in [-0.3, -0.25) is 9.59 Å². The molecule has 0 saturated carbocycles. The lowest BCUT2D eigenvalue weighted by atomic mass is 9.59. The summed E-state index contributed by atoms with van der Waals surface area (Å²) in [7, 11) is 3.99. The highest BCUT2D eigenvalue weighted by Gasteiger charge is 2.53. The van der Waals surface area contributed by atoms with Gasteiger partial charge in [0.05, 0.1) is 11.6 Å². The molecule has 2 atom stereocenters. The third-order valence-electron chi connectivity index (χ3n) is 8.43. The number of hydrogen-bond acceptors (Lipinski definition) is 6. The predicted molar refractivity (Wildman–Crippen MR) is 137 cm³/mol. The van der Waals surface area contributed by atoms with Crippen LogP contribution in [0.1, 0.15) is 58.4 Å². The number of Topliss-reactive ketones (excluding diaryl/α,β-unsaturated/α-hetero) is 1. The molecule has 2 unspecified atom stereocenters. The number of carbonyl (C=O) groups excluding carboxylic acids is 2. The van der Waals surface area contributed by atoms with Crippen LogP contribution in [-0.2, 0) is 15.0 Å². The summed E-state index contributed by atoms with van der Waals surface area (Å²) in [6.45, 7) is 8.34. The van der Waals surface area contributed by atoms with Gasteiger partial charge in [0.15, 0.2) is 11.9 Å². The molecule has 1 fully saturated rings. The Bertz CT molecular complexity index is 1140. The van der Waals surface area contributed by atoms with E-state index in [1.807, 2.05) is 25.4 Å². The number of nitrogens with one attached hydrogen (secondary N) is 1. The van der Waals surface area contributed by atoms with E-state index in [1.165, 1.54) is 0 Å². The van der Waals surface area contributed by atoms with Crippen LogP contribution >= 0.6 is 0 Å². The second-order valence-corrected chi connectivity index (χ2v) is 11.4. The normalized spacial score (nSPS) is 28.3. The molecule has 0 aromatic heterocycles. The first-order valence-electron chi connectivity index (χ1n) is 12.9. The molecule has 0 radical (unpaired) electrons. The first-order valence-corrected chi connectivity index (χ1v) is 12.9. The van der Waals surface area contributed by atoms with E-state index >= 15 is 0 Å². The van der Waals surface area contributed by atoms with Crippen molar-refractivity contribution in [2.45, 2.75) is 64.5 Å². The third kappa shape index (κ3) is 3.94. The molecule has 1 aliphatic carbocycles. The van der Waals surface area contributed by atoms with E-state index in [1.54, 1.807) is 4.90 Å². The van der Waals surface area contributed by atoms with Gasteiger partial charge in [0.25, 0.3) is 0 Å². The lowest BCUT2D eigenvalue weighted by molar-refractivity contribution is -0.123. The van der Waals surface area contributed by atoms with Gasteiger partial charge < -0.3 is 15.1 Å². The minimum Gasteiger partial charge on any atom is -0.362 e. The predicted octanol–water partition coefficient (Wildman–Crippen LogP) is 4.56. The van der Waals surface area contributed by atoms with Crippen LogP contribution in [0.15, 0.2) is 57.5 Å². The number of azo groups is 1. The summed E-state index contributed by atoms with van der Waals surface area (Å²) in [6, 6.07) is 8.21. The van der Waals surface area contributed by atoms with Crippen molar-refractivity contribution in [2.24, 2.45) is 21.6 Å². The number of fused-ring (bicyclic) bond motifs is 1. The van der Waals surface area contributed by atoms with E-state index < -0.39 is 5.41 Å². The smallest absolute Gasteiger partial charge is 0.229 e. The standard InChI is InChI=1S/C28H37N5O2/c1-6-28(21-17-29-31-25(21)30-22-15-27(2,3)16-23(34)24(22)28)19-8-7-9-20(14-19)33(5)26(35)18-10-12-32(4)13-11-18/h7-9,14,17-18,25,30H,6,10-13,15-16H2,1-5H3. The van der Waals surface area contributed by atoms with Crippen LogP contribution < -0.4 is 10.2 Å². The Labute approximate surface area is 208 Å². The molecule has 5 rings (SSSR count). The maximum Gasteiger partial charge on any atom is 0.229 e. The molecule has 1 N–H and O–H groups in total. The number of likely N-dealkylation sites (tertiary alicyclic amines) is 1. The average Bonchev–Trinajstić information content (AvgIpc) is 3.30. The number of anilines is 1. The summed E-state index contributed by atoms with van der Waals surface area (Å²) < 4.78 is 0. The molecule has 1 saturated heterocycles. The van der Waals surface area contributed by atoms with Crippen LogP contribution in [0.25, 0.3) is 0 Å². The largest absolute Gasteiger partial charge is 0.362 e. The van der Waals surface area contributed by atoms with Crippen molar-refractivity contribution < 1.29 is 9.59 Å². The molecule has 3 heterocycles. The van der Waals surface area contributed by atoms with Crippen LogP contribution in [-0.4, -0.2) is 49.9 Å². The van der Waals surface area contributed by atoms with Crippen molar-refractivity contribution in [1.29, 1.82) is 0 Å². The highest BCUT2D eigenvalue weighted by atomic mass is 16.2. The number of rotatable bonds is 4. The Hall–Kier alpha value is -2.80. The quantitative estimate of drug-likeness (QED) is 0.693. The fourth-order valence-electron chi connectivity index (χ4n) is 6.53. The lowest BCUT2D eigenvalue weighted by Gasteiger charge is -2.48. The molecule has 35 heavy (non-hydrogen) atoms. The molecule has 3 aliphatic heterocycles. The fourth-order valence-corrected chi connectivity index (χ4v) is 6.53. The van der Waals surface area contributed by atoms with Crippen molar-refractivity contribution in [2.75, 3.05) is 32.1 Å². The van der Waals surface area contributed by atoms with Gasteiger partial charge in [-0.05, 0) is 68.9 Å². The van der Waals surface area contributed by atoms with Crippen molar-refractivity contribution >= 4 is 17.4 Å². The molecule has 7 nitrogen and oxygen atoms in total. The maximum absolute atomic E-state index is 13.7. The molecule has 186 valence electrons. The van der Waals surface area contributed by atoms with Crippen LogP contribution in [0, 0.1) is 11.3 Å². The molecular formula is C28H37N5O2. The zero-order valence-electron chi connectivity index (χ0n) is 21.6. The highest BCUT2D eigenvalue weighted by molar-refractivity contribution is 6.01. The van der Waals surface area contributed by atoms with Gasteiger partial charge >= 0.3 is 0 Å². The lowest BCUT2D eigenvalue weighted by Crippen LogP contribution is -2.51. The molecular weight excluding hydrogens is 438 g/mol. The van der Waals surface area contributed by atoms with E-state index in [9.17, 15) is 9.59 Å². The van der Waals surface area contributed by atoms with Gasteiger partial charge in [-0.25, -0.2) is 0 Å². The van der Waals surface area contributed by atoms with Crippen molar-refractivity contribution in [1.82, 2.24) is 10.2 Å². The second kappa shape index (κ2) is 8.70. The second-order valence-electron chi connectivity index (χ2n) is 11.4. The van der Waals surface area contributed by atoms with Gasteiger partial charge in [-0.15, -0.1) is 0 Å². The van der Waals surface area contributed by atoms with Crippen LogP contribution in [0.2, 0.25) is 0 Å². The first kappa shape index (κ1) is 23.9. The Morgan fingerprint density at radius 1 is 1.23 bits per heavy atom. The van der Waals surface area contributed by atoms with Gasteiger partial charge in [-0.1, -0.05) is 32.9 Å². The number of allylic oxidation sites excluding steroid dienone is 2. The number of amides is 1. The highest BCUT2D eigenvalue weighted by Crippen LogP contribution is 2.54. The molecule has 1 aromatic carbocycles. The van der Waals surface area contributed by atoms with Gasteiger partial charge in [0.1, 0.15) is 0 Å². The maximum atomic E-state index is 13.7. The third-order valence-corrected chi connectivity index (χ3v) is 8.43. The summed E-state index contributed by atoms with van der Waals surface area (Å²) >= 11 is 0. The zero-order valence-corrected chi connectivity index (χ0v) is 21.6. The summed E-state index contributed by atoms with van der Waals surface area (Å²) in [5.41, 5.74) is 4.08. The number of nitrogens with zero attached hydrogens (tertiary/aromatic N) is 4. The summed E-state index contributed by atoms with van der Waals surface area (Å²) in [6.07, 6.45) is 5.42. The average molecular weight is 476 g/mol. The van der Waals surface area contributed by atoms with Gasteiger partial charge in [-0.2, -0.15) is 10.2 Å². The number of benzene rings is 1. The van der Waals surface area contributed by atoms with E-state index in [4.69, 9.17) is 0 Å². The fraction of sp³-hybridized carbons (Fsp3) is 0.571. The summed E-state index contributed by atoms with van der Waals surface area (Å²) in [5.74, 6) is 0.414. The Balaban J connectivity index is 1.56. The number of hydrogen-bond donors (Lipinski definition) is 1. The minimum absolute atomic E-state index is 0.0508. The molecule has 0 spiro atoms. The van der Waals surface area contributed by atoms with E-state index in [0.29, 0.717) is 6.42 Å². The van der Waals surface area contributed by atoms with Crippen LogP contribution in [0.4, 0.5) is 5.69 Å². The number of carbonyl (C=O) groups is 2. The molecule has 1 aromatic rings. The van der Waals surface area contributed by atoms with Crippen LogP contribution in [0.5, 0.6) is 0 Å². The Morgan fingerprint density at radius 2 is 1.97 bits per heavy atom. The number of piperidine rings is 1. The van der Waals surface area contributed by atoms with E-state index in [2.05, 4.69) is 60.4 Å². The minimum atomic E-state index is -0.601. The van der Waals surface area contributed by atoms with Crippen LogP contribution in [0.3, 0.4) is 0 Å². The zero-order chi connectivity index (χ0) is 25.0. The van der Waals surface area contributed by atoms with E-state index in [-0.39, 0.29) is 29.2 Å². The van der Waals surface area contributed by atoms with Gasteiger partial charge in [0, 0.05) is 41.9 Å². The van der Waals surface area contributed by atoms with Crippen molar-refractivity contribution in [3.8, 4) is 0 Å². The van der Waals surface area contributed by atoms with Crippen molar-refractivity contribution in [3.63, 3.8) is 0 Å². The SMILES string of the molecule is CCC1(c2cccc(N(C)C(=O)C3CCN(C)CC3)c2)C2=CN=NC2NC2=C1C(=O)CC(C)(C)C2. The first-order chi connectivity index (χ1) is 16.7. The summed E-state index contributed by atoms with van der Waals surface area (Å²) in [4.78, 5) is 31.1. The summed E-state index contributed by atoms with van der Waals surface area (Å²) in [5, 5.41) is 12.2. The van der Waals surface area contributed by atoms with Gasteiger partial charge in [0.2, 0.25) is 5.91 Å². The molecule has 7 heteroatoms.